The number of nitrogens with one attached hydrogen (secondary N) is 1. The zero-order valence-corrected chi connectivity index (χ0v) is 21.5. The van der Waals surface area contributed by atoms with E-state index in [-0.39, 0.29) is 24.0 Å². The monoisotopic (exact) mass is 548 g/mol. The summed E-state index contributed by atoms with van der Waals surface area (Å²) in [5, 5.41) is 3.49. The molecule has 8 heteroatoms. The van der Waals surface area contributed by atoms with Crippen molar-refractivity contribution in [2.24, 2.45) is 4.99 Å². The Morgan fingerprint density at radius 3 is 2.75 bits per heavy atom. The fraction of sp³-hybridized carbons (Fsp3) is 0.458. The average Bonchev–Trinajstić information content (AvgIpc) is 3.36. The molecule has 172 valence electrons. The maximum atomic E-state index is 12.0. The van der Waals surface area contributed by atoms with Gasteiger partial charge in [0.15, 0.2) is 5.96 Å². The van der Waals surface area contributed by atoms with E-state index in [1.54, 1.807) is 0 Å². The molecule has 2 aliphatic heterocycles. The van der Waals surface area contributed by atoms with Crippen molar-refractivity contribution in [2.45, 2.75) is 31.7 Å². The highest BCUT2D eigenvalue weighted by atomic mass is 127. The number of pyridine rings is 1. The quantitative estimate of drug-likeness (QED) is 0.341. The lowest BCUT2D eigenvalue weighted by molar-refractivity contribution is -0.127. The van der Waals surface area contributed by atoms with E-state index in [1.165, 1.54) is 11.3 Å². The van der Waals surface area contributed by atoms with Crippen LogP contribution in [0, 0.1) is 0 Å². The molecule has 32 heavy (non-hydrogen) atoms. The van der Waals surface area contributed by atoms with Crippen molar-refractivity contribution < 1.29 is 4.79 Å². The lowest BCUT2D eigenvalue weighted by Crippen LogP contribution is -2.41. The number of hydrogen-bond acceptors (Lipinski definition) is 4. The number of likely N-dealkylation sites (tertiary alicyclic amines) is 1. The number of benzene rings is 1. The number of carbonyl (C=O) groups is 1. The van der Waals surface area contributed by atoms with Gasteiger partial charge in [-0.2, -0.15) is 0 Å². The first-order valence-electron chi connectivity index (χ1n) is 11.0. The number of amides is 1. The first-order chi connectivity index (χ1) is 15.1. The van der Waals surface area contributed by atoms with Crippen molar-refractivity contribution >= 4 is 47.3 Å². The topological polar surface area (TPSA) is 64.1 Å². The molecule has 2 aromatic rings. The molecule has 7 nitrogen and oxygen atoms in total. The van der Waals surface area contributed by atoms with Crippen LogP contribution in [-0.4, -0.2) is 62.5 Å². The van der Waals surface area contributed by atoms with Crippen molar-refractivity contribution in [2.75, 3.05) is 50.6 Å². The zero-order chi connectivity index (χ0) is 21.8. The fourth-order valence-electron chi connectivity index (χ4n) is 4.47. The standard InChI is InChI=1S/C24H32N6O.HI/c1-25-24(26-16-19-8-6-11-22(27-19)28(2)3)30-17-18(20-9-4-5-10-21(20)30)13-15-29-14-7-12-23(29)31;/h4-6,8-11,18H,7,12-17H2,1-3H3,(H,25,26);1H. The molecular formula is C24H33IN6O. The molecule has 1 aromatic heterocycles. The Labute approximate surface area is 207 Å². The zero-order valence-electron chi connectivity index (χ0n) is 19.1. The van der Waals surface area contributed by atoms with Crippen LogP contribution < -0.4 is 15.1 Å². The van der Waals surface area contributed by atoms with Gasteiger partial charge in [0.05, 0.1) is 12.2 Å². The number of carbonyl (C=O) groups excluding carboxylic acids is 1. The molecule has 0 spiro atoms. The van der Waals surface area contributed by atoms with Crippen LogP contribution in [0.15, 0.2) is 47.5 Å². The van der Waals surface area contributed by atoms with Crippen LogP contribution in [0.2, 0.25) is 0 Å². The van der Waals surface area contributed by atoms with E-state index in [4.69, 9.17) is 4.98 Å². The minimum absolute atomic E-state index is 0. The first-order valence-corrected chi connectivity index (χ1v) is 11.0. The molecular weight excluding hydrogens is 515 g/mol. The summed E-state index contributed by atoms with van der Waals surface area (Å²) in [5.74, 6) is 2.48. The van der Waals surface area contributed by atoms with Crippen molar-refractivity contribution in [3.05, 3.63) is 53.7 Å². The molecule has 0 aliphatic carbocycles. The predicted octanol–water partition coefficient (Wildman–Crippen LogP) is 3.46. The molecule has 1 unspecified atom stereocenters. The lowest BCUT2D eigenvalue weighted by Gasteiger charge is -2.23. The van der Waals surface area contributed by atoms with Gasteiger partial charge in [-0.1, -0.05) is 24.3 Å². The molecule has 0 radical (unpaired) electrons. The van der Waals surface area contributed by atoms with Gasteiger partial charge in [-0.15, -0.1) is 24.0 Å². The summed E-state index contributed by atoms with van der Waals surface area (Å²) in [6.45, 7) is 3.21. The van der Waals surface area contributed by atoms with Crippen LogP contribution in [0.4, 0.5) is 11.5 Å². The second-order valence-corrected chi connectivity index (χ2v) is 8.42. The summed E-state index contributed by atoms with van der Waals surface area (Å²) in [7, 11) is 5.82. The number of guanidine groups is 1. The third kappa shape index (κ3) is 5.33. The molecule has 1 N–H and O–H groups in total. The Morgan fingerprint density at radius 1 is 1.22 bits per heavy atom. The minimum Gasteiger partial charge on any atom is -0.363 e. The van der Waals surface area contributed by atoms with Crippen LogP contribution in [0.25, 0.3) is 0 Å². The largest absolute Gasteiger partial charge is 0.363 e. The normalized spacial score (nSPS) is 17.9. The molecule has 0 bridgehead atoms. The van der Waals surface area contributed by atoms with Crippen LogP contribution in [0.1, 0.15) is 36.4 Å². The second-order valence-electron chi connectivity index (χ2n) is 8.42. The number of nitrogens with zero attached hydrogens (tertiary/aromatic N) is 5. The highest BCUT2D eigenvalue weighted by Crippen LogP contribution is 2.38. The molecule has 4 rings (SSSR count). The molecule has 1 atom stereocenters. The third-order valence-electron chi connectivity index (χ3n) is 6.13. The molecule has 1 fully saturated rings. The van der Waals surface area contributed by atoms with Gasteiger partial charge in [-0.05, 0) is 36.6 Å². The molecule has 1 saturated heterocycles. The molecule has 3 heterocycles. The molecule has 1 amide bonds. The van der Waals surface area contributed by atoms with E-state index in [0.717, 1.165) is 49.9 Å². The van der Waals surface area contributed by atoms with Gasteiger partial charge in [0, 0.05) is 58.8 Å². The summed E-state index contributed by atoms with van der Waals surface area (Å²) in [6, 6.07) is 14.6. The van der Waals surface area contributed by atoms with E-state index in [9.17, 15) is 4.79 Å². The van der Waals surface area contributed by atoms with Gasteiger partial charge in [-0.3, -0.25) is 9.79 Å². The molecule has 1 aromatic carbocycles. The second kappa shape index (κ2) is 11.0. The number of fused-ring (bicyclic) bond motifs is 1. The van der Waals surface area contributed by atoms with E-state index in [0.29, 0.717) is 24.8 Å². The smallest absolute Gasteiger partial charge is 0.222 e. The van der Waals surface area contributed by atoms with E-state index in [2.05, 4.69) is 39.5 Å². The Morgan fingerprint density at radius 2 is 2.03 bits per heavy atom. The van der Waals surface area contributed by atoms with Gasteiger partial charge in [0.1, 0.15) is 5.82 Å². The van der Waals surface area contributed by atoms with Gasteiger partial charge in [0.25, 0.3) is 0 Å². The summed E-state index contributed by atoms with van der Waals surface area (Å²) in [4.78, 5) is 27.5. The van der Waals surface area contributed by atoms with Crippen LogP contribution in [0.5, 0.6) is 0 Å². The fourth-order valence-corrected chi connectivity index (χ4v) is 4.47. The Balaban J connectivity index is 0.00000289. The SMILES string of the molecule is CN=C(NCc1cccc(N(C)C)n1)N1CC(CCN2CCCC2=O)c2ccccc21.I. The predicted molar refractivity (Wildman–Crippen MR) is 141 cm³/mol. The molecule has 0 saturated carbocycles. The van der Waals surface area contributed by atoms with E-state index >= 15 is 0 Å². The van der Waals surface area contributed by atoms with Crippen LogP contribution >= 0.6 is 24.0 Å². The average molecular weight is 548 g/mol. The number of halogens is 1. The number of rotatable bonds is 6. The van der Waals surface area contributed by atoms with Crippen LogP contribution in [0.3, 0.4) is 0 Å². The van der Waals surface area contributed by atoms with E-state index in [1.807, 2.05) is 49.1 Å². The van der Waals surface area contributed by atoms with Gasteiger partial charge in [-0.25, -0.2) is 4.98 Å². The Bertz CT molecular complexity index is 963. The maximum Gasteiger partial charge on any atom is 0.222 e. The maximum absolute atomic E-state index is 12.0. The Kier molecular flexibility index (Phi) is 8.33. The first kappa shape index (κ1) is 24.3. The van der Waals surface area contributed by atoms with Crippen molar-refractivity contribution in [3.8, 4) is 0 Å². The third-order valence-corrected chi connectivity index (χ3v) is 6.13. The number of aromatic nitrogens is 1. The van der Waals surface area contributed by atoms with Crippen molar-refractivity contribution in [1.82, 2.24) is 15.2 Å². The molecule has 2 aliphatic rings. The van der Waals surface area contributed by atoms with Crippen molar-refractivity contribution in [3.63, 3.8) is 0 Å². The van der Waals surface area contributed by atoms with Crippen LogP contribution in [-0.2, 0) is 11.3 Å². The summed E-state index contributed by atoms with van der Waals surface area (Å²) < 4.78 is 0. The Hall–Kier alpha value is -2.36. The summed E-state index contributed by atoms with van der Waals surface area (Å²) >= 11 is 0. The van der Waals surface area contributed by atoms with Gasteiger partial charge >= 0.3 is 0 Å². The number of hydrogen-bond donors (Lipinski definition) is 1. The highest BCUT2D eigenvalue weighted by molar-refractivity contribution is 14.0. The highest BCUT2D eigenvalue weighted by Gasteiger charge is 2.32. The van der Waals surface area contributed by atoms with Gasteiger partial charge < -0.3 is 20.0 Å². The summed E-state index contributed by atoms with van der Waals surface area (Å²) in [6.07, 6.45) is 2.67. The number of aliphatic imine (C=N–C) groups is 1. The van der Waals surface area contributed by atoms with Crippen molar-refractivity contribution in [1.29, 1.82) is 0 Å². The minimum atomic E-state index is 0. The lowest BCUT2D eigenvalue weighted by atomic mass is 9.98. The number of anilines is 2. The number of para-hydroxylation sites is 1. The summed E-state index contributed by atoms with van der Waals surface area (Å²) in [5.41, 5.74) is 3.51. The van der Waals surface area contributed by atoms with E-state index < -0.39 is 0 Å². The van der Waals surface area contributed by atoms with Gasteiger partial charge in [0.2, 0.25) is 5.91 Å².